The molecule has 1 saturated heterocycles. The monoisotopic (exact) mass is 288 g/mol. The lowest BCUT2D eigenvalue weighted by atomic mass is 9.80. The number of aromatic nitrogens is 1. The number of hydrogen-bond donors (Lipinski definition) is 1. The fourth-order valence-corrected chi connectivity index (χ4v) is 2.62. The van der Waals surface area contributed by atoms with Crippen LogP contribution in [0.5, 0.6) is 0 Å². The van der Waals surface area contributed by atoms with Crippen LogP contribution in [-0.4, -0.2) is 29.8 Å². The molecule has 0 aromatic carbocycles. The summed E-state index contributed by atoms with van der Waals surface area (Å²) in [5, 5.41) is 3.48. The molecular formula is C16H25BN2O2. The van der Waals surface area contributed by atoms with E-state index in [0.29, 0.717) is 0 Å². The zero-order valence-corrected chi connectivity index (χ0v) is 13.5. The molecule has 21 heavy (non-hydrogen) atoms. The second-order valence-electron chi connectivity index (χ2n) is 7.27. The molecule has 0 bridgehead atoms. The first-order valence-corrected chi connectivity index (χ1v) is 7.92. The molecule has 1 aliphatic carbocycles. The molecule has 1 N–H and O–H groups in total. The van der Waals surface area contributed by atoms with Crippen molar-refractivity contribution in [3.8, 4) is 0 Å². The molecule has 1 aromatic heterocycles. The van der Waals surface area contributed by atoms with E-state index in [1.807, 2.05) is 12.4 Å². The van der Waals surface area contributed by atoms with Gasteiger partial charge in [-0.3, -0.25) is 4.98 Å². The fourth-order valence-electron chi connectivity index (χ4n) is 2.62. The molecule has 0 atom stereocenters. The van der Waals surface area contributed by atoms with Crippen molar-refractivity contribution < 1.29 is 9.31 Å². The summed E-state index contributed by atoms with van der Waals surface area (Å²) < 4.78 is 12.1. The van der Waals surface area contributed by atoms with Crippen molar-refractivity contribution in [3.05, 3.63) is 18.5 Å². The Bertz CT molecular complexity index is 499. The van der Waals surface area contributed by atoms with Crippen molar-refractivity contribution in [2.45, 2.75) is 58.2 Å². The lowest BCUT2D eigenvalue weighted by molar-refractivity contribution is 0.00578. The molecule has 5 heteroatoms. The van der Waals surface area contributed by atoms with Crippen LogP contribution in [0.4, 0.5) is 5.69 Å². The Morgan fingerprint density at radius 2 is 1.86 bits per heavy atom. The van der Waals surface area contributed by atoms with Crippen LogP contribution in [0.25, 0.3) is 0 Å². The van der Waals surface area contributed by atoms with E-state index in [4.69, 9.17) is 9.31 Å². The average molecular weight is 288 g/mol. The number of nitrogens with zero attached hydrogens (tertiary/aromatic N) is 1. The molecule has 0 unspecified atom stereocenters. The smallest absolute Gasteiger partial charge is 0.399 e. The second-order valence-corrected chi connectivity index (χ2v) is 7.27. The van der Waals surface area contributed by atoms with Gasteiger partial charge < -0.3 is 14.6 Å². The molecule has 0 amide bonds. The molecule has 114 valence electrons. The molecule has 3 rings (SSSR count). The fraction of sp³-hybridized carbons (Fsp3) is 0.688. The summed E-state index contributed by atoms with van der Waals surface area (Å²) in [7, 11) is -0.340. The highest BCUT2D eigenvalue weighted by Crippen LogP contribution is 2.36. The Hall–Kier alpha value is -1.07. The standard InChI is InChI=1S/C16H25BN2O2/c1-15(2)16(3,4)21-17(20-15)13-8-14(11-18-10-13)19-9-12-6-5-7-12/h8,10-12,19H,5-7,9H2,1-4H3. The third-order valence-corrected chi connectivity index (χ3v) is 5.10. The topological polar surface area (TPSA) is 43.4 Å². The first-order chi connectivity index (χ1) is 9.87. The van der Waals surface area contributed by atoms with Gasteiger partial charge in [0.25, 0.3) is 0 Å². The molecule has 0 radical (unpaired) electrons. The maximum Gasteiger partial charge on any atom is 0.496 e. The average Bonchev–Trinajstić information content (AvgIpc) is 2.57. The van der Waals surface area contributed by atoms with E-state index < -0.39 is 0 Å². The predicted octanol–water partition coefficient (Wildman–Crippen LogP) is 2.59. The normalized spacial score (nSPS) is 23.9. The molecule has 0 spiro atoms. The summed E-state index contributed by atoms with van der Waals surface area (Å²) in [4.78, 5) is 4.32. The van der Waals surface area contributed by atoms with Gasteiger partial charge in [-0.25, -0.2) is 0 Å². The largest absolute Gasteiger partial charge is 0.496 e. The van der Waals surface area contributed by atoms with Crippen LogP contribution in [0.3, 0.4) is 0 Å². The summed E-state index contributed by atoms with van der Waals surface area (Å²) >= 11 is 0. The van der Waals surface area contributed by atoms with Crippen LogP contribution in [0.1, 0.15) is 47.0 Å². The van der Waals surface area contributed by atoms with Crippen molar-refractivity contribution in [1.82, 2.24) is 4.98 Å². The van der Waals surface area contributed by atoms with E-state index in [9.17, 15) is 0 Å². The summed E-state index contributed by atoms with van der Waals surface area (Å²) in [6, 6.07) is 2.09. The summed E-state index contributed by atoms with van der Waals surface area (Å²) in [5.41, 5.74) is 1.40. The van der Waals surface area contributed by atoms with Gasteiger partial charge >= 0.3 is 7.12 Å². The van der Waals surface area contributed by atoms with Crippen LogP contribution in [-0.2, 0) is 9.31 Å². The van der Waals surface area contributed by atoms with E-state index in [1.165, 1.54) is 19.3 Å². The number of anilines is 1. The van der Waals surface area contributed by atoms with Gasteiger partial charge in [0, 0.05) is 24.4 Å². The molecule has 2 fully saturated rings. The second kappa shape index (κ2) is 5.29. The van der Waals surface area contributed by atoms with Crippen LogP contribution < -0.4 is 10.8 Å². The van der Waals surface area contributed by atoms with Crippen LogP contribution >= 0.6 is 0 Å². The minimum atomic E-state index is -0.340. The van der Waals surface area contributed by atoms with Gasteiger partial charge in [-0.05, 0) is 52.5 Å². The van der Waals surface area contributed by atoms with Gasteiger partial charge in [0.05, 0.1) is 16.9 Å². The third-order valence-electron chi connectivity index (χ3n) is 5.10. The highest BCUT2D eigenvalue weighted by molar-refractivity contribution is 6.62. The van der Waals surface area contributed by atoms with Gasteiger partial charge in [-0.15, -0.1) is 0 Å². The van der Waals surface area contributed by atoms with Crippen molar-refractivity contribution in [3.63, 3.8) is 0 Å². The highest BCUT2D eigenvalue weighted by atomic mass is 16.7. The molecule has 1 aliphatic heterocycles. The van der Waals surface area contributed by atoms with E-state index >= 15 is 0 Å². The van der Waals surface area contributed by atoms with Gasteiger partial charge in [0.2, 0.25) is 0 Å². The molecule has 2 aliphatic rings. The Morgan fingerprint density at radius 1 is 1.19 bits per heavy atom. The SMILES string of the molecule is CC1(C)OB(c2cncc(NCC3CCC3)c2)OC1(C)C. The Morgan fingerprint density at radius 3 is 2.43 bits per heavy atom. The molecule has 1 saturated carbocycles. The summed E-state index contributed by atoms with van der Waals surface area (Å²) in [5.74, 6) is 0.825. The third kappa shape index (κ3) is 2.95. The first-order valence-electron chi connectivity index (χ1n) is 7.92. The zero-order chi connectivity index (χ0) is 15.1. The van der Waals surface area contributed by atoms with Gasteiger partial charge in [0.1, 0.15) is 0 Å². The van der Waals surface area contributed by atoms with Crippen molar-refractivity contribution >= 4 is 18.3 Å². The predicted molar refractivity (Wildman–Crippen MR) is 85.8 cm³/mol. The Labute approximate surface area is 127 Å². The van der Waals surface area contributed by atoms with Gasteiger partial charge in [-0.1, -0.05) is 6.42 Å². The van der Waals surface area contributed by atoms with E-state index in [-0.39, 0.29) is 18.3 Å². The van der Waals surface area contributed by atoms with Crippen molar-refractivity contribution in [2.24, 2.45) is 5.92 Å². The maximum absolute atomic E-state index is 6.07. The Balaban J connectivity index is 1.68. The van der Waals surface area contributed by atoms with Crippen LogP contribution in [0.2, 0.25) is 0 Å². The molecule has 2 heterocycles. The molecule has 4 nitrogen and oxygen atoms in total. The van der Waals surface area contributed by atoms with Crippen molar-refractivity contribution in [1.29, 1.82) is 0 Å². The van der Waals surface area contributed by atoms with E-state index in [0.717, 1.165) is 23.6 Å². The number of rotatable bonds is 4. The Kier molecular flexibility index (Phi) is 3.74. The number of nitrogens with one attached hydrogen (secondary N) is 1. The quantitative estimate of drug-likeness (QED) is 0.865. The maximum atomic E-state index is 6.07. The summed E-state index contributed by atoms with van der Waals surface area (Å²) in [6.45, 7) is 9.31. The van der Waals surface area contributed by atoms with Crippen LogP contribution in [0.15, 0.2) is 18.5 Å². The number of pyridine rings is 1. The van der Waals surface area contributed by atoms with E-state index in [2.05, 4.69) is 44.1 Å². The minimum Gasteiger partial charge on any atom is -0.399 e. The lowest BCUT2D eigenvalue weighted by Crippen LogP contribution is -2.41. The van der Waals surface area contributed by atoms with Gasteiger partial charge in [-0.2, -0.15) is 0 Å². The number of hydrogen-bond acceptors (Lipinski definition) is 4. The summed E-state index contributed by atoms with van der Waals surface area (Å²) in [6.07, 6.45) is 7.76. The van der Waals surface area contributed by atoms with E-state index in [1.54, 1.807) is 0 Å². The molecular weight excluding hydrogens is 263 g/mol. The van der Waals surface area contributed by atoms with Crippen LogP contribution in [0, 0.1) is 5.92 Å². The van der Waals surface area contributed by atoms with Gasteiger partial charge in [0.15, 0.2) is 0 Å². The lowest BCUT2D eigenvalue weighted by Gasteiger charge is -2.32. The highest BCUT2D eigenvalue weighted by Gasteiger charge is 2.51. The molecule has 1 aromatic rings. The first kappa shape index (κ1) is 14.9. The zero-order valence-electron chi connectivity index (χ0n) is 13.5. The minimum absolute atomic E-state index is 0.312. The van der Waals surface area contributed by atoms with Crippen molar-refractivity contribution in [2.75, 3.05) is 11.9 Å².